The summed E-state index contributed by atoms with van der Waals surface area (Å²) >= 11 is 3.24. The molecule has 2 rings (SSSR count). The SMILES string of the molecule is Cc1cc(F)cc(-c2nc(C=O)[nH]c2Br)c1. The first kappa shape index (κ1) is 11.0. The molecule has 1 aromatic carbocycles. The summed E-state index contributed by atoms with van der Waals surface area (Å²) in [6.45, 7) is 1.80. The quantitative estimate of drug-likeness (QED) is 0.861. The molecule has 16 heavy (non-hydrogen) atoms. The van der Waals surface area contributed by atoms with E-state index in [1.54, 1.807) is 13.0 Å². The number of aromatic amines is 1. The van der Waals surface area contributed by atoms with Gasteiger partial charge in [0, 0.05) is 5.56 Å². The molecular formula is C11H8BrFN2O. The number of carbonyl (C=O) groups is 1. The molecule has 0 bridgehead atoms. The lowest BCUT2D eigenvalue weighted by molar-refractivity contribution is 0.111. The number of benzene rings is 1. The van der Waals surface area contributed by atoms with Crippen LogP contribution in [0.1, 0.15) is 16.2 Å². The molecule has 1 heterocycles. The zero-order valence-electron chi connectivity index (χ0n) is 8.42. The number of hydrogen-bond donors (Lipinski definition) is 1. The summed E-state index contributed by atoms with van der Waals surface area (Å²) in [4.78, 5) is 17.3. The predicted molar refractivity (Wildman–Crippen MR) is 61.8 cm³/mol. The van der Waals surface area contributed by atoms with Gasteiger partial charge in [0.05, 0.1) is 0 Å². The van der Waals surface area contributed by atoms with Crippen LogP contribution in [0.15, 0.2) is 22.8 Å². The molecular weight excluding hydrogens is 275 g/mol. The van der Waals surface area contributed by atoms with E-state index < -0.39 is 0 Å². The largest absolute Gasteiger partial charge is 0.330 e. The van der Waals surface area contributed by atoms with Crippen LogP contribution in [0, 0.1) is 12.7 Å². The Morgan fingerprint density at radius 1 is 1.44 bits per heavy atom. The summed E-state index contributed by atoms with van der Waals surface area (Å²) in [7, 11) is 0. The second kappa shape index (κ2) is 4.17. The summed E-state index contributed by atoms with van der Waals surface area (Å²) in [5.74, 6) is -0.110. The Kier molecular flexibility index (Phi) is 2.87. The Bertz CT molecular complexity index is 531. The third-order valence-electron chi connectivity index (χ3n) is 2.11. The van der Waals surface area contributed by atoms with Gasteiger partial charge in [-0.05, 0) is 46.6 Å². The molecule has 0 spiro atoms. The zero-order chi connectivity index (χ0) is 11.7. The third-order valence-corrected chi connectivity index (χ3v) is 2.68. The van der Waals surface area contributed by atoms with Crippen LogP contribution < -0.4 is 0 Å². The van der Waals surface area contributed by atoms with Crippen molar-refractivity contribution in [3.8, 4) is 11.3 Å². The van der Waals surface area contributed by atoms with Gasteiger partial charge in [-0.15, -0.1) is 0 Å². The van der Waals surface area contributed by atoms with Crippen LogP contribution in [0.2, 0.25) is 0 Å². The lowest BCUT2D eigenvalue weighted by Crippen LogP contribution is -1.85. The van der Waals surface area contributed by atoms with Crippen molar-refractivity contribution >= 4 is 22.2 Å². The minimum absolute atomic E-state index is 0.212. The molecule has 0 aliphatic heterocycles. The van der Waals surface area contributed by atoms with Crippen LogP contribution in [-0.2, 0) is 0 Å². The number of aryl methyl sites for hydroxylation is 1. The highest BCUT2D eigenvalue weighted by molar-refractivity contribution is 9.10. The minimum atomic E-state index is -0.322. The van der Waals surface area contributed by atoms with Gasteiger partial charge in [0.15, 0.2) is 12.1 Å². The van der Waals surface area contributed by atoms with Crippen molar-refractivity contribution in [1.29, 1.82) is 0 Å². The number of halogens is 2. The number of aromatic nitrogens is 2. The summed E-state index contributed by atoms with van der Waals surface area (Å²) in [5.41, 5.74) is 1.97. The second-order valence-electron chi connectivity index (χ2n) is 3.42. The van der Waals surface area contributed by atoms with Gasteiger partial charge in [0.1, 0.15) is 16.1 Å². The first-order chi connectivity index (χ1) is 7.60. The first-order valence-electron chi connectivity index (χ1n) is 4.58. The van der Waals surface area contributed by atoms with Crippen LogP contribution in [0.3, 0.4) is 0 Å². The maximum Gasteiger partial charge on any atom is 0.185 e. The smallest absolute Gasteiger partial charge is 0.185 e. The van der Waals surface area contributed by atoms with Crippen molar-refractivity contribution in [3.63, 3.8) is 0 Å². The zero-order valence-corrected chi connectivity index (χ0v) is 10.0. The molecule has 0 amide bonds. The molecule has 82 valence electrons. The monoisotopic (exact) mass is 282 g/mol. The Labute approximate surface area is 99.8 Å². The average Bonchev–Trinajstić information content (AvgIpc) is 2.58. The molecule has 0 fully saturated rings. The first-order valence-corrected chi connectivity index (χ1v) is 5.37. The number of imidazole rings is 1. The van der Waals surface area contributed by atoms with E-state index in [-0.39, 0.29) is 11.6 Å². The van der Waals surface area contributed by atoms with Gasteiger partial charge >= 0.3 is 0 Å². The van der Waals surface area contributed by atoms with Gasteiger partial charge in [-0.1, -0.05) is 0 Å². The van der Waals surface area contributed by atoms with Crippen molar-refractivity contribution in [2.75, 3.05) is 0 Å². The molecule has 0 saturated carbocycles. The van der Waals surface area contributed by atoms with E-state index in [1.165, 1.54) is 12.1 Å². The molecule has 0 aliphatic rings. The maximum absolute atomic E-state index is 13.2. The van der Waals surface area contributed by atoms with Crippen molar-refractivity contribution in [2.24, 2.45) is 0 Å². The number of nitrogens with one attached hydrogen (secondary N) is 1. The van der Waals surface area contributed by atoms with Gasteiger partial charge in [0.25, 0.3) is 0 Å². The lowest BCUT2D eigenvalue weighted by Gasteiger charge is -2.00. The Balaban J connectivity index is 2.57. The van der Waals surface area contributed by atoms with Crippen molar-refractivity contribution in [1.82, 2.24) is 9.97 Å². The van der Waals surface area contributed by atoms with Crippen molar-refractivity contribution in [3.05, 3.63) is 40.0 Å². The normalized spacial score (nSPS) is 10.4. The Morgan fingerprint density at radius 3 is 2.75 bits per heavy atom. The molecule has 5 heteroatoms. The highest BCUT2D eigenvalue weighted by Gasteiger charge is 2.10. The number of hydrogen-bond acceptors (Lipinski definition) is 2. The van der Waals surface area contributed by atoms with E-state index in [1.807, 2.05) is 0 Å². The van der Waals surface area contributed by atoms with Crippen LogP contribution in [-0.4, -0.2) is 16.3 Å². The Hall–Kier alpha value is -1.49. The molecule has 1 aromatic heterocycles. The van der Waals surface area contributed by atoms with Gasteiger partial charge in [-0.25, -0.2) is 9.37 Å². The van der Waals surface area contributed by atoms with E-state index in [9.17, 15) is 9.18 Å². The van der Waals surface area contributed by atoms with Crippen LogP contribution in [0.25, 0.3) is 11.3 Å². The average molecular weight is 283 g/mol. The van der Waals surface area contributed by atoms with E-state index in [4.69, 9.17) is 0 Å². The lowest BCUT2D eigenvalue weighted by atomic mass is 10.1. The standard InChI is InChI=1S/C11H8BrFN2O/c1-6-2-7(4-8(13)3-6)10-11(12)15-9(5-16)14-10/h2-5H,1H3,(H,14,15). The van der Waals surface area contributed by atoms with E-state index >= 15 is 0 Å². The predicted octanol–water partition coefficient (Wildman–Crippen LogP) is 3.10. The molecule has 0 aliphatic carbocycles. The van der Waals surface area contributed by atoms with Gasteiger partial charge in [0.2, 0.25) is 0 Å². The second-order valence-corrected chi connectivity index (χ2v) is 4.21. The van der Waals surface area contributed by atoms with Crippen LogP contribution >= 0.6 is 15.9 Å². The van der Waals surface area contributed by atoms with Gasteiger partial charge in [-0.2, -0.15) is 0 Å². The number of aldehydes is 1. The molecule has 0 radical (unpaired) electrons. The molecule has 3 nitrogen and oxygen atoms in total. The minimum Gasteiger partial charge on any atom is -0.330 e. The highest BCUT2D eigenvalue weighted by Crippen LogP contribution is 2.27. The summed E-state index contributed by atoms with van der Waals surface area (Å²) in [5, 5.41) is 0. The molecule has 0 saturated heterocycles. The topological polar surface area (TPSA) is 45.8 Å². The fourth-order valence-electron chi connectivity index (χ4n) is 1.49. The fourth-order valence-corrected chi connectivity index (χ4v) is 2.01. The number of carbonyl (C=O) groups excluding carboxylic acids is 1. The molecule has 0 atom stereocenters. The maximum atomic E-state index is 13.2. The summed E-state index contributed by atoms with van der Waals surface area (Å²) < 4.78 is 13.8. The fraction of sp³-hybridized carbons (Fsp3) is 0.0909. The summed E-state index contributed by atoms with van der Waals surface area (Å²) in [6, 6.07) is 4.62. The van der Waals surface area contributed by atoms with Crippen molar-refractivity contribution in [2.45, 2.75) is 6.92 Å². The van der Waals surface area contributed by atoms with Gasteiger partial charge in [-0.3, -0.25) is 4.79 Å². The number of rotatable bonds is 2. The number of nitrogens with zero attached hydrogens (tertiary/aromatic N) is 1. The van der Waals surface area contributed by atoms with Gasteiger partial charge < -0.3 is 4.98 Å². The molecule has 2 aromatic rings. The van der Waals surface area contributed by atoms with E-state index in [0.717, 1.165) is 5.56 Å². The van der Waals surface area contributed by atoms with Crippen LogP contribution in [0.5, 0.6) is 0 Å². The summed E-state index contributed by atoms with van der Waals surface area (Å²) in [6.07, 6.45) is 0.612. The molecule has 0 unspecified atom stereocenters. The van der Waals surface area contributed by atoms with Crippen LogP contribution in [0.4, 0.5) is 4.39 Å². The highest BCUT2D eigenvalue weighted by atomic mass is 79.9. The number of H-pyrrole nitrogens is 1. The van der Waals surface area contributed by atoms with E-state index in [0.29, 0.717) is 22.1 Å². The Morgan fingerprint density at radius 2 is 2.19 bits per heavy atom. The molecule has 1 N–H and O–H groups in total. The van der Waals surface area contributed by atoms with Crippen molar-refractivity contribution < 1.29 is 9.18 Å². The van der Waals surface area contributed by atoms with E-state index in [2.05, 4.69) is 25.9 Å². The third kappa shape index (κ3) is 2.04.